The van der Waals surface area contributed by atoms with Gasteiger partial charge in [-0.2, -0.15) is 0 Å². The molecule has 0 aliphatic carbocycles. The van der Waals surface area contributed by atoms with Gasteiger partial charge in [0.25, 0.3) is 0 Å². The molecule has 0 saturated carbocycles. The number of sulfonamides is 1. The minimum absolute atomic E-state index is 0.0568. The van der Waals surface area contributed by atoms with Crippen LogP contribution in [0.5, 0.6) is 11.5 Å². The number of aromatic carboxylic acids is 1. The quantitative estimate of drug-likeness (QED) is 0.472. The van der Waals surface area contributed by atoms with Crippen LogP contribution in [0.15, 0.2) is 47.4 Å². The fourth-order valence-corrected chi connectivity index (χ4v) is 3.82. The Bertz CT molecular complexity index is 946. The number of hydrogen-bond acceptors (Lipinski definition) is 5. The summed E-state index contributed by atoms with van der Waals surface area (Å²) in [5, 5.41) is 15.0. The predicted molar refractivity (Wildman–Crippen MR) is 118 cm³/mol. The molecule has 2 aromatic carbocycles. The summed E-state index contributed by atoms with van der Waals surface area (Å²) in [6.07, 6.45) is 4.76. The van der Waals surface area contributed by atoms with E-state index in [9.17, 15) is 18.3 Å². The molecule has 0 bridgehead atoms. The minimum atomic E-state index is -4.23. The Morgan fingerprint density at radius 1 is 1.03 bits per heavy atom. The summed E-state index contributed by atoms with van der Waals surface area (Å²) in [5.41, 5.74) is 0.277. The third-order valence-electron chi connectivity index (χ3n) is 4.71. The topological polar surface area (TPSA) is 110 Å². The fourth-order valence-electron chi connectivity index (χ4n) is 3.12. The Morgan fingerprint density at radius 3 is 2.23 bits per heavy atom. The molecule has 0 unspecified atom stereocenters. The number of primary sulfonamides is 1. The summed E-state index contributed by atoms with van der Waals surface area (Å²) in [6.45, 7) is 5.48. The van der Waals surface area contributed by atoms with Gasteiger partial charge in [0.1, 0.15) is 10.6 Å². The van der Waals surface area contributed by atoms with E-state index >= 15 is 0 Å². The molecule has 2 aromatic rings. The summed E-state index contributed by atoms with van der Waals surface area (Å²) in [5.74, 6) is -0.728. The second kappa shape index (κ2) is 11.0. The van der Waals surface area contributed by atoms with E-state index in [0.717, 1.165) is 38.2 Å². The smallest absolute Gasteiger partial charge is 0.335 e. The van der Waals surface area contributed by atoms with Crippen molar-refractivity contribution >= 4 is 21.7 Å². The largest absolute Gasteiger partial charge is 0.478 e. The minimum Gasteiger partial charge on any atom is -0.478 e. The first kappa shape index (κ1) is 23.7. The van der Waals surface area contributed by atoms with Gasteiger partial charge in [-0.25, -0.2) is 18.4 Å². The molecule has 30 heavy (non-hydrogen) atoms. The number of rotatable bonds is 12. The van der Waals surface area contributed by atoms with Crippen LogP contribution in [0.4, 0.5) is 5.69 Å². The molecule has 164 valence electrons. The van der Waals surface area contributed by atoms with Crippen molar-refractivity contribution in [3.05, 3.63) is 48.0 Å². The standard InChI is InChI=1S/C22H30N2O5S/c1-3-5-10-14-24(13-6-4-2)19-15-17(22(25)26)16-20(30(23,27)28)21(19)29-18-11-8-7-9-12-18/h7-9,11-12,15-16H,3-6,10,13-14H2,1-2H3,(H,25,26)(H2,23,27,28). The van der Waals surface area contributed by atoms with Gasteiger partial charge in [-0.1, -0.05) is 51.3 Å². The first-order chi connectivity index (χ1) is 14.3. The Hall–Kier alpha value is -2.58. The van der Waals surface area contributed by atoms with Crippen LogP contribution in [-0.2, 0) is 10.0 Å². The number of nitrogens with zero attached hydrogens (tertiary/aromatic N) is 1. The van der Waals surface area contributed by atoms with Crippen molar-refractivity contribution in [3.63, 3.8) is 0 Å². The number of benzene rings is 2. The number of carbonyl (C=O) groups is 1. The van der Waals surface area contributed by atoms with Gasteiger partial charge >= 0.3 is 5.97 Å². The van der Waals surface area contributed by atoms with E-state index in [1.54, 1.807) is 24.3 Å². The summed E-state index contributed by atoms with van der Waals surface area (Å²) in [4.78, 5) is 13.4. The summed E-state index contributed by atoms with van der Waals surface area (Å²) in [7, 11) is -4.23. The van der Waals surface area contributed by atoms with Crippen molar-refractivity contribution in [1.29, 1.82) is 0 Å². The Morgan fingerprint density at radius 2 is 1.67 bits per heavy atom. The molecule has 0 amide bonds. The van der Waals surface area contributed by atoms with Gasteiger partial charge < -0.3 is 14.7 Å². The lowest BCUT2D eigenvalue weighted by Crippen LogP contribution is -2.27. The predicted octanol–water partition coefficient (Wildman–Crippen LogP) is 4.62. The van der Waals surface area contributed by atoms with Crippen molar-refractivity contribution in [1.82, 2.24) is 0 Å². The molecule has 0 aliphatic heterocycles. The fraction of sp³-hybridized carbons (Fsp3) is 0.409. The lowest BCUT2D eigenvalue weighted by Gasteiger charge is -2.28. The molecule has 0 atom stereocenters. The van der Waals surface area contributed by atoms with Crippen LogP contribution in [-0.4, -0.2) is 32.6 Å². The van der Waals surface area contributed by atoms with Gasteiger partial charge in [0.15, 0.2) is 5.75 Å². The molecular formula is C22H30N2O5S. The molecule has 0 saturated heterocycles. The van der Waals surface area contributed by atoms with E-state index in [0.29, 0.717) is 24.5 Å². The molecule has 8 heteroatoms. The highest BCUT2D eigenvalue weighted by molar-refractivity contribution is 7.89. The molecule has 0 aromatic heterocycles. The highest BCUT2D eigenvalue weighted by atomic mass is 32.2. The van der Waals surface area contributed by atoms with E-state index < -0.39 is 16.0 Å². The monoisotopic (exact) mass is 434 g/mol. The Balaban J connectivity index is 2.68. The van der Waals surface area contributed by atoms with Crippen molar-refractivity contribution in [2.24, 2.45) is 5.14 Å². The normalized spacial score (nSPS) is 11.3. The molecule has 2 rings (SSSR count). The third-order valence-corrected chi connectivity index (χ3v) is 5.62. The van der Waals surface area contributed by atoms with E-state index in [1.165, 1.54) is 6.07 Å². The van der Waals surface area contributed by atoms with Gasteiger partial charge in [-0.05, 0) is 37.1 Å². The first-order valence-corrected chi connectivity index (χ1v) is 11.7. The van der Waals surface area contributed by atoms with Crippen molar-refractivity contribution in [2.75, 3.05) is 18.0 Å². The second-order valence-corrected chi connectivity index (χ2v) is 8.67. The Labute approximate surface area is 178 Å². The van der Waals surface area contributed by atoms with E-state index in [4.69, 9.17) is 9.88 Å². The van der Waals surface area contributed by atoms with E-state index in [2.05, 4.69) is 13.8 Å². The molecular weight excluding hydrogens is 404 g/mol. The van der Waals surface area contributed by atoms with E-state index in [1.807, 2.05) is 11.0 Å². The maximum absolute atomic E-state index is 12.4. The number of ether oxygens (including phenoxy) is 1. The maximum Gasteiger partial charge on any atom is 0.335 e. The van der Waals surface area contributed by atoms with Crippen molar-refractivity contribution in [2.45, 2.75) is 50.8 Å². The summed E-state index contributed by atoms with van der Waals surface area (Å²) < 4.78 is 30.7. The first-order valence-electron chi connectivity index (χ1n) is 10.2. The average Bonchev–Trinajstić information content (AvgIpc) is 2.70. The van der Waals surface area contributed by atoms with Crippen LogP contribution in [0.3, 0.4) is 0 Å². The third kappa shape index (κ3) is 6.47. The van der Waals surface area contributed by atoms with Crippen molar-refractivity contribution in [3.8, 4) is 11.5 Å². The van der Waals surface area contributed by atoms with E-state index in [-0.39, 0.29) is 16.2 Å². The number of hydrogen-bond donors (Lipinski definition) is 2. The average molecular weight is 435 g/mol. The lowest BCUT2D eigenvalue weighted by atomic mass is 10.1. The SMILES string of the molecule is CCCCCN(CCCC)c1cc(C(=O)O)cc(S(N)(=O)=O)c1Oc1ccccc1. The van der Waals surface area contributed by atoms with Crippen LogP contribution >= 0.6 is 0 Å². The lowest BCUT2D eigenvalue weighted by molar-refractivity contribution is 0.0696. The van der Waals surface area contributed by atoms with Crippen LogP contribution in [0.25, 0.3) is 0 Å². The van der Waals surface area contributed by atoms with Gasteiger partial charge in [0, 0.05) is 13.1 Å². The summed E-state index contributed by atoms with van der Waals surface area (Å²) in [6, 6.07) is 11.3. The number of carboxylic acids is 1. The molecule has 0 spiro atoms. The number of carboxylic acid groups (broad SMARTS) is 1. The van der Waals surface area contributed by atoms with Gasteiger partial charge in [-0.3, -0.25) is 0 Å². The zero-order chi connectivity index (χ0) is 22.1. The van der Waals surface area contributed by atoms with Crippen LogP contribution < -0.4 is 14.8 Å². The molecule has 0 heterocycles. The maximum atomic E-state index is 12.4. The zero-order valence-electron chi connectivity index (χ0n) is 17.5. The highest BCUT2D eigenvalue weighted by Crippen LogP contribution is 2.39. The molecule has 7 nitrogen and oxygen atoms in total. The molecule has 0 fully saturated rings. The second-order valence-electron chi connectivity index (χ2n) is 7.14. The van der Waals surface area contributed by atoms with Gasteiger partial charge in [-0.15, -0.1) is 0 Å². The number of para-hydroxylation sites is 1. The molecule has 0 radical (unpaired) electrons. The number of unbranched alkanes of at least 4 members (excludes halogenated alkanes) is 3. The molecule has 0 aliphatic rings. The highest BCUT2D eigenvalue weighted by Gasteiger charge is 2.26. The van der Waals surface area contributed by atoms with Gasteiger partial charge in [0.2, 0.25) is 10.0 Å². The van der Waals surface area contributed by atoms with Crippen LogP contribution in [0, 0.1) is 0 Å². The summed E-state index contributed by atoms with van der Waals surface area (Å²) >= 11 is 0. The Kier molecular flexibility index (Phi) is 8.68. The number of nitrogens with two attached hydrogens (primary N) is 1. The van der Waals surface area contributed by atoms with Gasteiger partial charge in [0.05, 0.1) is 11.3 Å². The number of anilines is 1. The molecule has 3 N–H and O–H groups in total. The van der Waals surface area contributed by atoms with Crippen LogP contribution in [0.1, 0.15) is 56.3 Å². The van der Waals surface area contributed by atoms with Crippen LogP contribution in [0.2, 0.25) is 0 Å². The zero-order valence-corrected chi connectivity index (χ0v) is 18.3. The van der Waals surface area contributed by atoms with Crippen molar-refractivity contribution < 1.29 is 23.1 Å².